The summed E-state index contributed by atoms with van der Waals surface area (Å²) in [7, 11) is 3.07. The topological polar surface area (TPSA) is 73.6 Å². The Morgan fingerprint density at radius 1 is 1.19 bits per heavy atom. The first-order valence-corrected chi connectivity index (χ1v) is 8.94. The van der Waals surface area contributed by atoms with Crippen LogP contribution in [0.2, 0.25) is 0 Å². The first kappa shape index (κ1) is 18.8. The van der Waals surface area contributed by atoms with Gasteiger partial charge in [-0.1, -0.05) is 11.8 Å². The third-order valence-corrected chi connectivity index (χ3v) is 4.46. The van der Waals surface area contributed by atoms with Gasteiger partial charge >= 0.3 is 0 Å². The molecule has 0 aliphatic heterocycles. The summed E-state index contributed by atoms with van der Waals surface area (Å²) in [4.78, 5) is 16.3. The Morgan fingerprint density at radius 3 is 2.67 bits per heavy atom. The van der Waals surface area contributed by atoms with Crippen molar-refractivity contribution in [1.82, 2.24) is 4.98 Å². The zero-order valence-corrected chi connectivity index (χ0v) is 15.5. The lowest BCUT2D eigenvalue weighted by atomic mass is 10.2. The lowest BCUT2D eigenvalue weighted by Gasteiger charge is -2.11. The second-order valence-corrected chi connectivity index (χ2v) is 6.33. The number of rotatable bonds is 7. The number of benzene rings is 2. The van der Waals surface area contributed by atoms with E-state index in [4.69, 9.17) is 13.9 Å². The van der Waals surface area contributed by atoms with Crippen LogP contribution in [0.1, 0.15) is 0 Å². The number of amides is 1. The van der Waals surface area contributed by atoms with Crippen molar-refractivity contribution in [3.8, 4) is 22.8 Å². The molecular formula is C19H17FN2O4S. The van der Waals surface area contributed by atoms with Gasteiger partial charge in [-0.05, 0) is 36.4 Å². The van der Waals surface area contributed by atoms with Crippen LogP contribution in [-0.4, -0.2) is 30.9 Å². The van der Waals surface area contributed by atoms with E-state index >= 15 is 0 Å². The first-order chi connectivity index (χ1) is 13.1. The van der Waals surface area contributed by atoms with Crippen LogP contribution < -0.4 is 14.8 Å². The van der Waals surface area contributed by atoms with Crippen LogP contribution in [0.4, 0.5) is 10.1 Å². The summed E-state index contributed by atoms with van der Waals surface area (Å²) < 4.78 is 29.0. The summed E-state index contributed by atoms with van der Waals surface area (Å²) in [5.74, 6) is 1.20. The van der Waals surface area contributed by atoms with E-state index < -0.39 is 0 Å². The Bertz CT molecular complexity index is 928. The Labute approximate surface area is 159 Å². The lowest BCUT2D eigenvalue weighted by Crippen LogP contribution is -2.14. The predicted molar refractivity (Wildman–Crippen MR) is 101 cm³/mol. The summed E-state index contributed by atoms with van der Waals surface area (Å²) >= 11 is 1.16. The number of ether oxygens (including phenoxy) is 2. The second kappa shape index (κ2) is 8.59. The molecule has 1 heterocycles. The zero-order chi connectivity index (χ0) is 19.2. The average Bonchev–Trinajstić information content (AvgIpc) is 3.16. The Balaban J connectivity index is 1.59. The Kier molecular flexibility index (Phi) is 5.97. The van der Waals surface area contributed by atoms with E-state index in [1.807, 2.05) is 0 Å². The number of halogens is 1. The van der Waals surface area contributed by atoms with Crippen LogP contribution in [-0.2, 0) is 4.79 Å². The number of carbonyl (C=O) groups excluding carboxylic acids is 1. The van der Waals surface area contributed by atoms with Gasteiger partial charge in [-0.3, -0.25) is 4.79 Å². The first-order valence-electron chi connectivity index (χ1n) is 7.95. The molecule has 0 atom stereocenters. The average molecular weight is 388 g/mol. The van der Waals surface area contributed by atoms with Crippen molar-refractivity contribution in [2.45, 2.75) is 5.22 Å². The van der Waals surface area contributed by atoms with E-state index in [0.717, 1.165) is 11.8 Å². The highest BCUT2D eigenvalue weighted by Gasteiger charge is 2.12. The molecule has 8 heteroatoms. The number of thioether (sulfide) groups is 1. The number of hydrogen-bond donors (Lipinski definition) is 1. The Morgan fingerprint density at radius 2 is 1.96 bits per heavy atom. The minimum atomic E-state index is -0.321. The molecule has 3 aromatic rings. The summed E-state index contributed by atoms with van der Waals surface area (Å²) in [5, 5.41) is 3.13. The van der Waals surface area contributed by atoms with Gasteiger partial charge in [0.25, 0.3) is 5.22 Å². The normalized spacial score (nSPS) is 10.5. The van der Waals surface area contributed by atoms with Crippen LogP contribution in [0.15, 0.2) is 58.3 Å². The molecule has 0 fully saturated rings. The van der Waals surface area contributed by atoms with Gasteiger partial charge in [0.2, 0.25) is 5.91 Å². The van der Waals surface area contributed by atoms with Crippen molar-refractivity contribution in [3.05, 3.63) is 54.5 Å². The van der Waals surface area contributed by atoms with Gasteiger partial charge in [0.05, 0.1) is 31.9 Å². The summed E-state index contributed by atoms with van der Waals surface area (Å²) in [5.41, 5.74) is 1.26. The van der Waals surface area contributed by atoms with Gasteiger partial charge in [0, 0.05) is 11.6 Å². The van der Waals surface area contributed by atoms with Gasteiger partial charge in [0.15, 0.2) is 5.76 Å². The molecule has 3 rings (SSSR count). The standard InChI is InChI=1S/C19H17FN2O4S/c1-24-14-7-8-15(16(9-14)25-2)22-18(23)11-27-19-21-10-17(26-19)12-3-5-13(20)6-4-12/h3-10H,11H2,1-2H3,(H,22,23). The summed E-state index contributed by atoms with van der Waals surface area (Å²) in [6, 6.07) is 11.0. The van der Waals surface area contributed by atoms with Gasteiger partial charge in [-0.2, -0.15) is 0 Å². The molecule has 1 aromatic heterocycles. The summed E-state index contributed by atoms with van der Waals surface area (Å²) in [6.45, 7) is 0. The molecule has 140 valence electrons. The molecule has 1 amide bonds. The second-order valence-electron chi connectivity index (χ2n) is 5.40. The molecule has 0 aliphatic carbocycles. The summed E-state index contributed by atoms with van der Waals surface area (Å²) in [6.07, 6.45) is 1.54. The number of hydrogen-bond acceptors (Lipinski definition) is 6. The van der Waals surface area contributed by atoms with Crippen LogP contribution in [0.3, 0.4) is 0 Å². The number of carbonyl (C=O) groups is 1. The van der Waals surface area contributed by atoms with Crippen LogP contribution in [0.5, 0.6) is 11.5 Å². The van der Waals surface area contributed by atoms with E-state index in [0.29, 0.717) is 33.7 Å². The molecule has 2 aromatic carbocycles. The quantitative estimate of drug-likeness (QED) is 0.611. The molecular weight excluding hydrogens is 371 g/mol. The Hall–Kier alpha value is -3.00. The maximum absolute atomic E-state index is 13.0. The van der Waals surface area contributed by atoms with Crippen molar-refractivity contribution in [1.29, 1.82) is 0 Å². The van der Waals surface area contributed by atoms with E-state index in [9.17, 15) is 9.18 Å². The lowest BCUT2D eigenvalue weighted by molar-refractivity contribution is -0.113. The molecule has 6 nitrogen and oxygen atoms in total. The minimum absolute atomic E-state index is 0.110. The van der Waals surface area contributed by atoms with Crippen molar-refractivity contribution in [2.75, 3.05) is 25.3 Å². The fourth-order valence-electron chi connectivity index (χ4n) is 2.29. The fraction of sp³-hybridized carbons (Fsp3) is 0.158. The maximum atomic E-state index is 13.0. The van der Waals surface area contributed by atoms with Gasteiger partial charge in [-0.25, -0.2) is 9.37 Å². The molecule has 27 heavy (non-hydrogen) atoms. The fourth-order valence-corrected chi connectivity index (χ4v) is 2.89. The SMILES string of the molecule is COc1ccc(NC(=O)CSc2ncc(-c3ccc(F)cc3)o2)c(OC)c1. The molecule has 0 radical (unpaired) electrons. The molecule has 0 bridgehead atoms. The number of nitrogens with zero attached hydrogens (tertiary/aromatic N) is 1. The molecule has 0 unspecified atom stereocenters. The molecule has 0 saturated carbocycles. The third-order valence-electron chi connectivity index (χ3n) is 3.62. The molecule has 0 saturated heterocycles. The molecule has 1 N–H and O–H groups in total. The number of nitrogens with one attached hydrogen (secondary N) is 1. The largest absolute Gasteiger partial charge is 0.497 e. The highest BCUT2D eigenvalue weighted by Crippen LogP contribution is 2.30. The van der Waals surface area contributed by atoms with Crippen LogP contribution >= 0.6 is 11.8 Å². The number of methoxy groups -OCH3 is 2. The highest BCUT2D eigenvalue weighted by molar-refractivity contribution is 7.99. The van der Waals surface area contributed by atoms with E-state index in [2.05, 4.69) is 10.3 Å². The highest BCUT2D eigenvalue weighted by atomic mass is 32.2. The van der Waals surface area contributed by atoms with Crippen molar-refractivity contribution < 1.29 is 23.1 Å². The predicted octanol–water partition coefficient (Wildman–Crippen LogP) is 4.23. The number of anilines is 1. The maximum Gasteiger partial charge on any atom is 0.256 e. The monoisotopic (exact) mass is 388 g/mol. The zero-order valence-electron chi connectivity index (χ0n) is 14.7. The van der Waals surface area contributed by atoms with Crippen LogP contribution in [0, 0.1) is 5.82 Å². The number of aromatic nitrogens is 1. The van der Waals surface area contributed by atoms with E-state index in [1.165, 1.54) is 19.2 Å². The minimum Gasteiger partial charge on any atom is -0.497 e. The van der Waals surface area contributed by atoms with Crippen molar-refractivity contribution in [3.63, 3.8) is 0 Å². The molecule has 0 spiro atoms. The molecule has 0 aliphatic rings. The van der Waals surface area contributed by atoms with Gasteiger partial charge in [0.1, 0.15) is 17.3 Å². The van der Waals surface area contributed by atoms with Gasteiger partial charge < -0.3 is 19.2 Å². The van der Waals surface area contributed by atoms with Crippen molar-refractivity contribution >= 4 is 23.4 Å². The number of oxazole rings is 1. The van der Waals surface area contributed by atoms with Crippen LogP contribution in [0.25, 0.3) is 11.3 Å². The van der Waals surface area contributed by atoms with E-state index in [-0.39, 0.29) is 17.5 Å². The van der Waals surface area contributed by atoms with Crippen molar-refractivity contribution in [2.24, 2.45) is 0 Å². The third kappa shape index (κ3) is 4.79. The smallest absolute Gasteiger partial charge is 0.256 e. The van der Waals surface area contributed by atoms with E-state index in [1.54, 1.807) is 43.6 Å². The van der Waals surface area contributed by atoms with Gasteiger partial charge in [-0.15, -0.1) is 0 Å².